The lowest BCUT2D eigenvalue weighted by Gasteiger charge is -2.33. The van der Waals surface area contributed by atoms with Gasteiger partial charge in [0.05, 0.1) is 6.04 Å². The van der Waals surface area contributed by atoms with Crippen molar-refractivity contribution in [2.45, 2.75) is 82.9 Å². The molecule has 43 heavy (non-hydrogen) atoms. The Kier molecular flexibility index (Phi) is 9.05. The van der Waals surface area contributed by atoms with Gasteiger partial charge < -0.3 is 19.4 Å². The van der Waals surface area contributed by atoms with Gasteiger partial charge in [0, 0.05) is 43.0 Å². The molecule has 0 spiro atoms. The van der Waals surface area contributed by atoms with E-state index in [0.717, 1.165) is 49.5 Å². The number of ketones is 1. The molecule has 0 bridgehead atoms. The minimum Gasteiger partial charge on any atom is -0.456 e. The number of carbonyl (C=O) groups is 3. The van der Waals surface area contributed by atoms with Crippen molar-refractivity contribution in [2.75, 3.05) is 44.7 Å². The topological polar surface area (TPSA) is 108 Å². The second kappa shape index (κ2) is 12.6. The van der Waals surface area contributed by atoms with Crippen molar-refractivity contribution >= 4 is 23.5 Å². The summed E-state index contributed by atoms with van der Waals surface area (Å²) in [6.07, 6.45) is 5.92. The van der Waals surface area contributed by atoms with Gasteiger partial charge in [-0.15, -0.1) is 0 Å². The van der Waals surface area contributed by atoms with Crippen LogP contribution in [0.2, 0.25) is 0 Å². The molecule has 1 amide bonds. The molecule has 12 heteroatoms. The van der Waals surface area contributed by atoms with E-state index < -0.39 is 41.6 Å². The maximum Gasteiger partial charge on any atom is 0.410 e. The van der Waals surface area contributed by atoms with Crippen LogP contribution in [0.25, 0.3) is 0 Å². The number of amides is 1. The Labute approximate surface area is 250 Å². The van der Waals surface area contributed by atoms with Crippen molar-refractivity contribution in [3.05, 3.63) is 47.0 Å². The Hall–Kier alpha value is -3.54. The summed E-state index contributed by atoms with van der Waals surface area (Å²) in [6, 6.07) is 1.46. The fourth-order valence-electron chi connectivity index (χ4n) is 6.29. The Morgan fingerprint density at radius 3 is 2.30 bits per heavy atom. The van der Waals surface area contributed by atoms with Gasteiger partial charge in [-0.25, -0.2) is 18.6 Å². The second-order valence-electron chi connectivity index (χ2n) is 12.8. The number of anilines is 1. The summed E-state index contributed by atoms with van der Waals surface area (Å²) in [6.45, 7) is 7.19. The summed E-state index contributed by atoms with van der Waals surface area (Å²) in [7, 11) is 1.82. The third kappa shape index (κ3) is 7.00. The number of rotatable bonds is 7. The summed E-state index contributed by atoms with van der Waals surface area (Å²) in [5.41, 5.74) is 0.0238. The van der Waals surface area contributed by atoms with E-state index in [4.69, 9.17) is 9.47 Å². The van der Waals surface area contributed by atoms with Crippen molar-refractivity contribution in [2.24, 2.45) is 0 Å². The van der Waals surface area contributed by atoms with E-state index in [1.54, 1.807) is 16.0 Å². The molecule has 10 nitrogen and oxygen atoms in total. The lowest BCUT2D eigenvalue weighted by molar-refractivity contribution is -0.147. The molecule has 1 aromatic heterocycles. The zero-order valence-electron chi connectivity index (χ0n) is 25.3. The molecule has 0 aliphatic carbocycles. The molecule has 2 unspecified atom stereocenters. The molecular formula is C31H41F2N5O5. The Morgan fingerprint density at radius 2 is 1.67 bits per heavy atom. The molecule has 0 radical (unpaired) electrons. The van der Waals surface area contributed by atoms with Gasteiger partial charge in [-0.2, -0.15) is 0 Å². The van der Waals surface area contributed by atoms with E-state index in [0.29, 0.717) is 38.9 Å². The summed E-state index contributed by atoms with van der Waals surface area (Å²) in [4.78, 5) is 50.8. The average molecular weight is 602 g/mol. The fraction of sp³-hybridized carbons (Fsp3) is 0.613. The van der Waals surface area contributed by atoms with E-state index in [1.807, 2.05) is 32.7 Å². The molecule has 3 saturated heterocycles. The number of hydrogen-bond donors (Lipinski definition) is 1. The predicted molar refractivity (Wildman–Crippen MR) is 155 cm³/mol. The van der Waals surface area contributed by atoms with Crippen molar-refractivity contribution in [3.8, 4) is 0 Å². The van der Waals surface area contributed by atoms with Crippen LogP contribution < -0.4 is 4.90 Å². The molecular weight excluding hydrogens is 560 g/mol. The molecule has 3 fully saturated rings. The monoisotopic (exact) mass is 601 g/mol. The Balaban J connectivity index is 1.17. The summed E-state index contributed by atoms with van der Waals surface area (Å²) >= 11 is 0. The highest BCUT2D eigenvalue weighted by Crippen LogP contribution is 2.36. The molecule has 234 valence electrons. The molecule has 3 aliphatic heterocycles. The third-order valence-electron chi connectivity index (χ3n) is 8.54. The van der Waals surface area contributed by atoms with Gasteiger partial charge in [0.25, 0.3) is 0 Å². The molecule has 4 heterocycles. The third-order valence-corrected chi connectivity index (χ3v) is 8.54. The number of ether oxygens (including phenoxy) is 2. The molecule has 2 aromatic rings. The zero-order valence-corrected chi connectivity index (χ0v) is 25.3. The highest BCUT2D eigenvalue weighted by Gasteiger charge is 2.36. The number of halogens is 2. The number of aromatic nitrogens is 2. The van der Waals surface area contributed by atoms with Crippen LogP contribution in [-0.4, -0.2) is 89.1 Å². The number of nitrogens with zero attached hydrogens (tertiary/aromatic N) is 4. The van der Waals surface area contributed by atoms with Crippen LogP contribution >= 0.6 is 0 Å². The molecule has 5 rings (SSSR count). The van der Waals surface area contributed by atoms with Crippen LogP contribution in [-0.2, 0) is 14.3 Å². The van der Waals surface area contributed by atoms with Crippen molar-refractivity contribution < 1.29 is 32.6 Å². The van der Waals surface area contributed by atoms with E-state index in [1.165, 1.54) is 0 Å². The van der Waals surface area contributed by atoms with Gasteiger partial charge >= 0.3 is 12.1 Å². The minimum absolute atomic E-state index is 0.120. The van der Waals surface area contributed by atoms with Crippen LogP contribution in [0.1, 0.15) is 93.1 Å². The number of imidazole rings is 1. The number of H-pyrrole nitrogens is 1. The number of likely N-dealkylation sites (tertiary alicyclic amines) is 2. The van der Waals surface area contributed by atoms with E-state index in [2.05, 4.69) is 9.97 Å². The number of likely N-dealkylation sites (N-methyl/N-ethyl adjacent to an activating group) is 1. The number of benzene rings is 1. The van der Waals surface area contributed by atoms with Crippen LogP contribution in [0.5, 0.6) is 0 Å². The smallest absolute Gasteiger partial charge is 0.410 e. The van der Waals surface area contributed by atoms with E-state index >= 15 is 8.78 Å². The van der Waals surface area contributed by atoms with Gasteiger partial charge in [0.1, 0.15) is 34.8 Å². The SMILES string of the molecule is CN1CCCC1C(=O)OCC(=O)c1cc(F)c(N2CCC(c3cnc(C4CCCN4C(=O)OC(C)(C)C)[nH]3)CC2)c(F)c1. The molecule has 2 atom stereocenters. The number of piperidine rings is 1. The number of aromatic amines is 1. The van der Waals surface area contributed by atoms with Gasteiger partial charge in [-0.3, -0.25) is 19.4 Å². The molecule has 0 saturated carbocycles. The highest BCUT2D eigenvalue weighted by atomic mass is 19.1. The van der Waals surface area contributed by atoms with Crippen LogP contribution in [0.3, 0.4) is 0 Å². The first-order valence-electron chi connectivity index (χ1n) is 15.1. The number of Topliss-reactive ketones (excluding diaryl/α,β-unsaturated/α-hetero) is 1. The fourth-order valence-corrected chi connectivity index (χ4v) is 6.29. The van der Waals surface area contributed by atoms with Crippen molar-refractivity contribution in [1.29, 1.82) is 0 Å². The first-order valence-corrected chi connectivity index (χ1v) is 15.1. The number of esters is 1. The molecule has 1 aromatic carbocycles. The normalized spacial score (nSPS) is 21.8. The van der Waals surface area contributed by atoms with Gasteiger partial charge in [0.2, 0.25) is 5.78 Å². The number of carbonyl (C=O) groups excluding carboxylic acids is 3. The zero-order chi connectivity index (χ0) is 30.9. The van der Waals surface area contributed by atoms with Crippen LogP contribution in [0.4, 0.5) is 19.3 Å². The Bertz CT molecular complexity index is 1330. The number of hydrogen-bond acceptors (Lipinski definition) is 8. The number of nitrogens with one attached hydrogen (secondary N) is 1. The lowest BCUT2D eigenvalue weighted by atomic mass is 9.93. The van der Waals surface area contributed by atoms with Crippen molar-refractivity contribution in [1.82, 2.24) is 19.8 Å². The largest absolute Gasteiger partial charge is 0.456 e. The van der Waals surface area contributed by atoms with Crippen molar-refractivity contribution in [3.63, 3.8) is 0 Å². The first-order chi connectivity index (χ1) is 20.4. The minimum atomic E-state index is -0.823. The summed E-state index contributed by atoms with van der Waals surface area (Å²) < 4.78 is 41.0. The molecule has 3 aliphatic rings. The highest BCUT2D eigenvalue weighted by molar-refractivity contribution is 5.98. The van der Waals surface area contributed by atoms with Crippen LogP contribution in [0, 0.1) is 11.6 Å². The maximum atomic E-state index is 15.1. The first kappa shape index (κ1) is 30.9. The summed E-state index contributed by atoms with van der Waals surface area (Å²) in [5, 5.41) is 0. The van der Waals surface area contributed by atoms with E-state index in [9.17, 15) is 14.4 Å². The van der Waals surface area contributed by atoms with Gasteiger partial charge in [-0.05, 0) is 85.0 Å². The molecule has 1 N–H and O–H groups in total. The predicted octanol–water partition coefficient (Wildman–Crippen LogP) is 4.96. The van der Waals surface area contributed by atoms with Crippen LogP contribution in [0.15, 0.2) is 18.3 Å². The summed E-state index contributed by atoms with van der Waals surface area (Å²) in [5.74, 6) is -1.96. The van der Waals surface area contributed by atoms with Gasteiger partial charge in [0.15, 0.2) is 6.61 Å². The van der Waals surface area contributed by atoms with Gasteiger partial charge in [-0.1, -0.05) is 0 Å². The second-order valence-corrected chi connectivity index (χ2v) is 12.8. The lowest BCUT2D eigenvalue weighted by Crippen LogP contribution is -2.36. The maximum absolute atomic E-state index is 15.1. The quantitative estimate of drug-likeness (QED) is 0.351. The average Bonchev–Trinajstić information content (AvgIpc) is 3.71. The van der Waals surface area contributed by atoms with E-state index in [-0.39, 0.29) is 29.3 Å². The Morgan fingerprint density at radius 1 is 1.00 bits per heavy atom. The standard InChI is InChI=1S/C31H41F2N5O5/c1-31(2,3)43-30(41)38-12-6-7-24(38)28-34-17-23(35-28)19-9-13-37(14-10-19)27-21(32)15-20(16-22(27)33)26(39)18-42-29(40)25-8-5-11-36(25)4/h15-17,19,24-25H,5-14,18H2,1-4H3,(H,34,35).